The summed E-state index contributed by atoms with van der Waals surface area (Å²) in [7, 11) is -3.80. The molecule has 0 aliphatic rings. The Hall–Kier alpha value is -0.730. The number of hydrogen-bond acceptors (Lipinski definition) is 3. The zero-order valence-corrected chi connectivity index (χ0v) is 11.1. The van der Waals surface area contributed by atoms with Crippen LogP contribution < -0.4 is 4.72 Å². The van der Waals surface area contributed by atoms with Gasteiger partial charge in [0.05, 0.1) is 10.5 Å². The molecule has 1 N–H and O–H groups in total. The van der Waals surface area contributed by atoms with Crippen LogP contribution in [0.1, 0.15) is 12.5 Å². The van der Waals surface area contributed by atoms with Crippen LogP contribution in [-0.2, 0) is 16.2 Å². The molecule has 1 rings (SSSR count). The van der Waals surface area contributed by atoms with E-state index >= 15 is 0 Å². The predicted molar refractivity (Wildman–Crippen MR) is 65.1 cm³/mol. The van der Waals surface area contributed by atoms with Gasteiger partial charge in [0.2, 0.25) is 10.0 Å². The lowest BCUT2D eigenvalue weighted by atomic mass is 10.2. The van der Waals surface area contributed by atoms with Gasteiger partial charge in [-0.1, -0.05) is 0 Å². The largest absolute Gasteiger partial charge is 0.416 e. The Labute approximate surface area is 109 Å². The second kappa shape index (κ2) is 5.50. The predicted octanol–water partition coefficient (Wildman–Crippen LogP) is 2.30. The van der Waals surface area contributed by atoms with Gasteiger partial charge in [0, 0.05) is 11.8 Å². The number of halogens is 3. The number of benzene rings is 1. The molecule has 1 aromatic carbocycles. The number of thiol groups is 1. The Bertz CT molecular complexity index is 497. The quantitative estimate of drug-likeness (QED) is 0.838. The molecule has 0 aliphatic heterocycles. The molecule has 0 aliphatic carbocycles. The van der Waals surface area contributed by atoms with Crippen molar-refractivity contribution in [2.24, 2.45) is 0 Å². The van der Waals surface area contributed by atoms with Crippen molar-refractivity contribution in [3.63, 3.8) is 0 Å². The van der Waals surface area contributed by atoms with E-state index in [4.69, 9.17) is 0 Å². The summed E-state index contributed by atoms with van der Waals surface area (Å²) in [5.74, 6) is 0.292. The Morgan fingerprint density at radius 2 is 1.78 bits per heavy atom. The molecule has 0 bridgehead atoms. The van der Waals surface area contributed by atoms with E-state index in [0.29, 0.717) is 5.75 Å². The first-order chi connectivity index (χ1) is 8.16. The molecule has 0 spiro atoms. The lowest BCUT2D eigenvalue weighted by Crippen LogP contribution is -2.33. The summed E-state index contributed by atoms with van der Waals surface area (Å²) in [6.45, 7) is 1.61. The zero-order valence-electron chi connectivity index (χ0n) is 9.40. The summed E-state index contributed by atoms with van der Waals surface area (Å²) < 4.78 is 62.7. The molecule has 0 aromatic heterocycles. The van der Waals surface area contributed by atoms with Crippen molar-refractivity contribution in [1.29, 1.82) is 0 Å². The van der Waals surface area contributed by atoms with Gasteiger partial charge in [-0.05, 0) is 31.2 Å². The van der Waals surface area contributed by atoms with Crippen LogP contribution in [0.25, 0.3) is 0 Å². The lowest BCUT2D eigenvalue weighted by Gasteiger charge is -2.12. The first-order valence-electron chi connectivity index (χ1n) is 4.97. The van der Waals surface area contributed by atoms with Gasteiger partial charge in [-0.2, -0.15) is 25.8 Å². The van der Waals surface area contributed by atoms with E-state index in [1.54, 1.807) is 6.92 Å². The van der Waals surface area contributed by atoms with E-state index in [1.807, 2.05) is 0 Å². The van der Waals surface area contributed by atoms with Crippen LogP contribution in [0.4, 0.5) is 13.2 Å². The van der Waals surface area contributed by atoms with Crippen molar-refractivity contribution in [1.82, 2.24) is 4.72 Å². The lowest BCUT2D eigenvalue weighted by molar-refractivity contribution is -0.137. The fourth-order valence-corrected chi connectivity index (χ4v) is 2.65. The van der Waals surface area contributed by atoms with E-state index in [9.17, 15) is 21.6 Å². The highest BCUT2D eigenvalue weighted by molar-refractivity contribution is 7.89. The van der Waals surface area contributed by atoms with Crippen LogP contribution >= 0.6 is 12.6 Å². The van der Waals surface area contributed by atoms with Gasteiger partial charge < -0.3 is 0 Å². The van der Waals surface area contributed by atoms with Crippen molar-refractivity contribution in [2.75, 3.05) is 5.75 Å². The minimum atomic E-state index is -4.48. The molecule has 3 nitrogen and oxygen atoms in total. The van der Waals surface area contributed by atoms with E-state index in [2.05, 4.69) is 17.4 Å². The molecule has 1 atom stereocenters. The molecular formula is C10H12F3NO2S2. The highest BCUT2D eigenvalue weighted by Crippen LogP contribution is 2.29. The Balaban J connectivity index is 2.98. The van der Waals surface area contributed by atoms with Crippen molar-refractivity contribution < 1.29 is 21.6 Å². The number of hydrogen-bond donors (Lipinski definition) is 2. The Morgan fingerprint density at radius 3 is 2.17 bits per heavy atom. The molecular weight excluding hydrogens is 287 g/mol. The molecule has 0 radical (unpaired) electrons. The molecule has 18 heavy (non-hydrogen) atoms. The second-order valence-electron chi connectivity index (χ2n) is 3.73. The molecule has 0 fully saturated rings. The first kappa shape index (κ1) is 15.3. The van der Waals surface area contributed by atoms with Gasteiger partial charge in [0.1, 0.15) is 0 Å². The second-order valence-corrected chi connectivity index (χ2v) is 5.81. The topological polar surface area (TPSA) is 46.2 Å². The van der Waals surface area contributed by atoms with Gasteiger partial charge in [-0.25, -0.2) is 13.1 Å². The summed E-state index contributed by atoms with van der Waals surface area (Å²) >= 11 is 3.92. The first-order valence-corrected chi connectivity index (χ1v) is 7.09. The summed E-state index contributed by atoms with van der Waals surface area (Å²) in [6, 6.07) is 2.92. The monoisotopic (exact) mass is 299 g/mol. The third-order valence-corrected chi connectivity index (χ3v) is 4.28. The Kier molecular flexibility index (Phi) is 4.68. The van der Waals surface area contributed by atoms with Gasteiger partial charge in [0.25, 0.3) is 0 Å². The van der Waals surface area contributed by atoms with Crippen LogP contribution in [0, 0.1) is 0 Å². The molecule has 0 saturated heterocycles. The fourth-order valence-electron chi connectivity index (χ4n) is 1.19. The van der Waals surface area contributed by atoms with Crippen LogP contribution in [0.3, 0.4) is 0 Å². The number of nitrogens with one attached hydrogen (secondary N) is 1. The maximum atomic E-state index is 12.3. The molecule has 8 heteroatoms. The third kappa shape index (κ3) is 3.89. The molecule has 0 amide bonds. The maximum absolute atomic E-state index is 12.3. The standard InChI is InChI=1S/C10H12F3NO2S2/c1-7(6-17)14-18(15,16)9-4-2-8(3-5-9)10(11,12)13/h2-5,7,14,17H,6H2,1H3/t7-/m1/s1. The van der Waals surface area contributed by atoms with Crippen molar-refractivity contribution >= 4 is 22.7 Å². The molecule has 0 saturated carbocycles. The van der Waals surface area contributed by atoms with Gasteiger partial charge >= 0.3 is 6.18 Å². The summed E-state index contributed by atoms with van der Waals surface area (Å²) in [4.78, 5) is -0.205. The van der Waals surface area contributed by atoms with Crippen LogP contribution in [0.5, 0.6) is 0 Å². The van der Waals surface area contributed by atoms with Crippen molar-refractivity contribution in [3.8, 4) is 0 Å². The third-order valence-electron chi connectivity index (χ3n) is 2.12. The van der Waals surface area contributed by atoms with Crippen LogP contribution in [-0.4, -0.2) is 20.2 Å². The number of alkyl halides is 3. The molecule has 0 heterocycles. The Morgan fingerprint density at radius 1 is 1.28 bits per heavy atom. The van der Waals surface area contributed by atoms with E-state index in [1.165, 1.54) is 0 Å². The molecule has 102 valence electrons. The van der Waals surface area contributed by atoms with Gasteiger partial charge in [0.15, 0.2) is 0 Å². The van der Waals surface area contributed by atoms with E-state index in [-0.39, 0.29) is 4.90 Å². The summed E-state index contributed by atoms with van der Waals surface area (Å²) in [5.41, 5.74) is -0.885. The summed E-state index contributed by atoms with van der Waals surface area (Å²) in [5, 5.41) is 0. The normalized spacial score (nSPS) is 14.5. The SMILES string of the molecule is C[C@H](CS)NS(=O)(=O)c1ccc(C(F)(F)F)cc1. The summed E-state index contributed by atoms with van der Waals surface area (Å²) in [6.07, 6.45) is -4.48. The van der Waals surface area contributed by atoms with Crippen molar-refractivity contribution in [3.05, 3.63) is 29.8 Å². The fraction of sp³-hybridized carbons (Fsp3) is 0.400. The van der Waals surface area contributed by atoms with Gasteiger partial charge in [-0.15, -0.1) is 0 Å². The molecule has 0 unspecified atom stereocenters. The van der Waals surface area contributed by atoms with E-state index < -0.39 is 27.8 Å². The number of sulfonamides is 1. The number of rotatable bonds is 4. The highest BCUT2D eigenvalue weighted by Gasteiger charge is 2.30. The van der Waals surface area contributed by atoms with Gasteiger partial charge in [-0.3, -0.25) is 0 Å². The minimum absolute atomic E-state index is 0.205. The highest BCUT2D eigenvalue weighted by atomic mass is 32.2. The van der Waals surface area contributed by atoms with Crippen LogP contribution in [0.2, 0.25) is 0 Å². The van der Waals surface area contributed by atoms with E-state index in [0.717, 1.165) is 24.3 Å². The van der Waals surface area contributed by atoms with Crippen molar-refractivity contribution in [2.45, 2.75) is 24.0 Å². The smallest absolute Gasteiger partial charge is 0.208 e. The average Bonchev–Trinajstić information content (AvgIpc) is 2.27. The van der Waals surface area contributed by atoms with Crippen LogP contribution in [0.15, 0.2) is 29.2 Å². The molecule has 1 aromatic rings. The zero-order chi connectivity index (χ0) is 14.0. The minimum Gasteiger partial charge on any atom is -0.208 e. The average molecular weight is 299 g/mol. The maximum Gasteiger partial charge on any atom is 0.416 e.